The highest BCUT2D eigenvalue weighted by molar-refractivity contribution is 7.99. The average Bonchev–Trinajstić information content (AvgIpc) is 2.35. The Morgan fingerprint density at radius 1 is 1.61 bits per heavy atom. The van der Waals surface area contributed by atoms with Crippen molar-refractivity contribution in [2.45, 2.75) is 17.1 Å². The van der Waals surface area contributed by atoms with Crippen LogP contribution in [0.25, 0.3) is 0 Å². The quantitative estimate of drug-likeness (QED) is 0.537. The van der Waals surface area contributed by atoms with Gasteiger partial charge in [0.25, 0.3) is 0 Å². The van der Waals surface area contributed by atoms with Gasteiger partial charge in [-0.15, -0.1) is 0 Å². The molecule has 0 fully saturated rings. The number of nitrogens with zero attached hydrogens (tertiary/aromatic N) is 1. The highest BCUT2D eigenvalue weighted by Crippen LogP contribution is 2.21. The van der Waals surface area contributed by atoms with Crippen LogP contribution in [-0.4, -0.2) is 31.5 Å². The van der Waals surface area contributed by atoms with Crippen LogP contribution >= 0.6 is 23.4 Å². The first-order valence-electron chi connectivity index (χ1n) is 5.05. The number of rotatable bonds is 6. The molecule has 1 heterocycles. The van der Waals surface area contributed by atoms with Crippen LogP contribution in [0.5, 0.6) is 0 Å². The zero-order chi connectivity index (χ0) is 13.8. The third-order valence-electron chi connectivity index (χ3n) is 2.23. The Kier molecular flexibility index (Phi) is 5.67. The molecule has 102 valence electrons. The van der Waals surface area contributed by atoms with E-state index < -0.39 is 10.0 Å². The summed E-state index contributed by atoms with van der Waals surface area (Å²) in [4.78, 5) is 3.83. The van der Waals surface area contributed by atoms with E-state index in [4.69, 9.17) is 17.4 Å². The van der Waals surface area contributed by atoms with Crippen molar-refractivity contribution in [3.63, 3.8) is 0 Å². The van der Waals surface area contributed by atoms with Gasteiger partial charge in [0, 0.05) is 18.0 Å². The van der Waals surface area contributed by atoms with E-state index in [0.29, 0.717) is 6.54 Å². The molecule has 0 amide bonds. The molecule has 0 saturated carbocycles. The number of anilines is 1. The molecule has 1 atom stereocenters. The second-order valence-electron chi connectivity index (χ2n) is 3.54. The van der Waals surface area contributed by atoms with E-state index in [2.05, 4.69) is 15.1 Å². The maximum absolute atomic E-state index is 11.9. The predicted octanol–water partition coefficient (Wildman–Crippen LogP) is 1.05. The highest BCUT2D eigenvalue weighted by atomic mass is 35.5. The predicted molar refractivity (Wildman–Crippen MR) is 75.2 cm³/mol. The molecule has 0 aromatic carbocycles. The van der Waals surface area contributed by atoms with Gasteiger partial charge in [-0.05, 0) is 12.3 Å². The monoisotopic (exact) mass is 310 g/mol. The summed E-state index contributed by atoms with van der Waals surface area (Å²) in [7, 11) is -3.59. The van der Waals surface area contributed by atoms with Crippen LogP contribution in [-0.2, 0) is 10.0 Å². The number of hydrogen-bond acceptors (Lipinski definition) is 6. The molecule has 0 bridgehead atoms. The molecule has 0 radical (unpaired) electrons. The summed E-state index contributed by atoms with van der Waals surface area (Å²) >= 11 is 7.40. The molecule has 6 nitrogen and oxygen atoms in total. The third kappa shape index (κ3) is 3.99. The van der Waals surface area contributed by atoms with Crippen LogP contribution in [0, 0.1) is 0 Å². The van der Waals surface area contributed by atoms with Crippen molar-refractivity contribution >= 4 is 39.2 Å². The summed E-state index contributed by atoms with van der Waals surface area (Å²) in [6.45, 7) is 2.28. The summed E-state index contributed by atoms with van der Waals surface area (Å²) in [6.07, 6.45) is 3.12. The Labute approximate surface area is 116 Å². The number of sulfonamides is 1. The normalized spacial score (nSPS) is 13.3. The van der Waals surface area contributed by atoms with E-state index in [1.165, 1.54) is 12.3 Å². The molecule has 0 spiro atoms. The first-order chi connectivity index (χ1) is 8.40. The van der Waals surface area contributed by atoms with Crippen LogP contribution in [0.3, 0.4) is 0 Å². The van der Waals surface area contributed by atoms with Gasteiger partial charge in [-0.25, -0.2) is 24.0 Å². The number of nitrogen functional groups attached to an aromatic ring is 1. The Bertz CT molecular complexity index is 509. The van der Waals surface area contributed by atoms with Gasteiger partial charge < -0.3 is 5.43 Å². The fraction of sp³-hybridized carbons (Fsp3) is 0.444. The number of nitrogens with one attached hydrogen (secondary N) is 2. The standard InChI is InChI=1S/C9H15ClN4O2S2/c1-6(17-2)4-13-18(15,16)7-3-8(10)9(14-11)12-5-7/h3,5-6,13H,4,11H2,1-2H3,(H,12,14). The minimum atomic E-state index is -3.59. The molecule has 0 aliphatic rings. The van der Waals surface area contributed by atoms with Crippen molar-refractivity contribution in [1.29, 1.82) is 0 Å². The number of halogens is 1. The third-order valence-corrected chi connectivity index (χ3v) is 4.88. The largest absolute Gasteiger partial charge is 0.307 e. The first-order valence-corrected chi connectivity index (χ1v) is 8.20. The number of nitrogens with two attached hydrogens (primary N) is 1. The lowest BCUT2D eigenvalue weighted by molar-refractivity contribution is 0.581. The van der Waals surface area contributed by atoms with Crippen molar-refractivity contribution in [3.05, 3.63) is 17.3 Å². The summed E-state index contributed by atoms with van der Waals surface area (Å²) in [5, 5.41) is 0.339. The Morgan fingerprint density at radius 3 is 2.78 bits per heavy atom. The second-order valence-corrected chi connectivity index (χ2v) is 6.99. The van der Waals surface area contributed by atoms with Gasteiger partial charge in [0.15, 0.2) is 5.82 Å². The first kappa shape index (κ1) is 15.5. The zero-order valence-corrected chi connectivity index (χ0v) is 12.4. The summed E-state index contributed by atoms with van der Waals surface area (Å²) in [6, 6.07) is 1.30. The molecular weight excluding hydrogens is 296 g/mol. The molecule has 18 heavy (non-hydrogen) atoms. The molecule has 9 heteroatoms. The van der Waals surface area contributed by atoms with Crippen LogP contribution < -0.4 is 16.0 Å². The Hall–Kier alpha value is -0.540. The summed E-state index contributed by atoms with van der Waals surface area (Å²) in [5.74, 6) is 5.39. The van der Waals surface area contributed by atoms with Gasteiger partial charge in [-0.3, -0.25) is 0 Å². The molecular formula is C9H15ClN4O2S2. The number of hydrogen-bond donors (Lipinski definition) is 3. The minimum Gasteiger partial charge on any atom is -0.307 e. The number of pyridine rings is 1. The lowest BCUT2D eigenvalue weighted by Gasteiger charge is -2.11. The van der Waals surface area contributed by atoms with Crippen LogP contribution in [0.2, 0.25) is 5.02 Å². The zero-order valence-electron chi connectivity index (χ0n) is 9.97. The average molecular weight is 311 g/mol. The SMILES string of the molecule is CSC(C)CNS(=O)(=O)c1cnc(NN)c(Cl)c1. The number of aromatic nitrogens is 1. The van der Waals surface area contributed by atoms with Crippen molar-refractivity contribution < 1.29 is 8.42 Å². The molecule has 0 saturated heterocycles. The number of hydrazine groups is 1. The van der Waals surface area contributed by atoms with Gasteiger partial charge >= 0.3 is 0 Å². The lowest BCUT2D eigenvalue weighted by Crippen LogP contribution is -2.29. The van der Waals surface area contributed by atoms with Crippen molar-refractivity contribution in [3.8, 4) is 0 Å². The summed E-state index contributed by atoms with van der Waals surface area (Å²) < 4.78 is 26.4. The molecule has 1 aromatic rings. The van der Waals surface area contributed by atoms with Gasteiger partial charge in [0.05, 0.1) is 5.02 Å². The molecule has 1 rings (SSSR count). The van der Waals surface area contributed by atoms with Gasteiger partial charge in [0.1, 0.15) is 4.90 Å². The smallest absolute Gasteiger partial charge is 0.242 e. The Morgan fingerprint density at radius 2 is 2.28 bits per heavy atom. The van der Waals surface area contributed by atoms with Crippen LogP contribution in [0.15, 0.2) is 17.2 Å². The van der Waals surface area contributed by atoms with Gasteiger partial charge in [-0.1, -0.05) is 18.5 Å². The van der Waals surface area contributed by atoms with Gasteiger partial charge in [-0.2, -0.15) is 11.8 Å². The molecule has 1 unspecified atom stereocenters. The molecule has 4 N–H and O–H groups in total. The maximum Gasteiger partial charge on any atom is 0.242 e. The van der Waals surface area contributed by atoms with E-state index in [9.17, 15) is 8.42 Å². The molecule has 0 aliphatic carbocycles. The van der Waals surface area contributed by atoms with E-state index >= 15 is 0 Å². The van der Waals surface area contributed by atoms with Gasteiger partial charge in [0.2, 0.25) is 10.0 Å². The second kappa shape index (κ2) is 6.58. The number of thioether (sulfide) groups is 1. The van der Waals surface area contributed by atoms with E-state index in [-0.39, 0.29) is 21.0 Å². The van der Waals surface area contributed by atoms with E-state index in [1.54, 1.807) is 11.8 Å². The van der Waals surface area contributed by atoms with Crippen LogP contribution in [0.1, 0.15) is 6.92 Å². The molecule has 0 aliphatic heterocycles. The van der Waals surface area contributed by atoms with E-state index in [0.717, 1.165) is 0 Å². The fourth-order valence-electron chi connectivity index (χ4n) is 1.07. The van der Waals surface area contributed by atoms with Crippen molar-refractivity contribution in [1.82, 2.24) is 9.71 Å². The highest BCUT2D eigenvalue weighted by Gasteiger charge is 2.17. The fourth-order valence-corrected chi connectivity index (χ4v) is 2.81. The van der Waals surface area contributed by atoms with Crippen LogP contribution in [0.4, 0.5) is 5.82 Å². The minimum absolute atomic E-state index is 0.0137. The lowest BCUT2D eigenvalue weighted by atomic mass is 10.5. The molecule has 1 aromatic heterocycles. The van der Waals surface area contributed by atoms with Crippen molar-refractivity contribution in [2.24, 2.45) is 5.84 Å². The topological polar surface area (TPSA) is 97.1 Å². The maximum atomic E-state index is 11.9. The Balaban J connectivity index is 2.88. The summed E-state index contributed by atoms with van der Waals surface area (Å²) in [5.41, 5.74) is 2.27. The van der Waals surface area contributed by atoms with Crippen molar-refractivity contribution in [2.75, 3.05) is 18.2 Å². The van der Waals surface area contributed by atoms with E-state index in [1.807, 2.05) is 13.2 Å².